The molecule has 0 aliphatic carbocycles. The van der Waals surface area contributed by atoms with Gasteiger partial charge in [0.2, 0.25) is 0 Å². The Kier molecular flexibility index (Phi) is 15.1. The third-order valence-corrected chi connectivity index (χ3v) is 29.4. The Morgan fingerprint density at radius 3 is 1.01 bits per heavy atom. The van der Waals surface area contributed by atoms with Crippen molar-refractivity contribution >= 4 is 132 Å². The van der Waals surface area contributed by atoms with Crippen LogP contribution in [-0.4, -0.2) is 22.9 Å². The number of para-hydroxylation sites is 4. The van der Waals surface area contributed by atoms with Crippen LogP contribution in [0.2, 0.25) is 0 Å². The molecule has 0 fully saturated rings. The van der Waals surface area contributed by atoms with Crippen molar-refractivity contribution in [3.63, 3.8) is 0 Å². The zero-order valence-corrected chi connectivity index (χ0v) is 55.0. The fourth-order valence-electron chi connectivity index (χ4n) is 15.9. The molecule has 15 aromatic carbocycles. The van der Waals surface area contributed by atoms with Crippen molar-refractivity contribution < 1.29 is 0 Å². The van der Waals surface area contributed by atoms with Gasteiger partial charge in [0, 0.05) is 50.9 Å². The van der Waals surface area contributed by atoms with Crippen LogP contribution >= 0.6 is 0 Å². The molecule has 3 nitrogen and oxygen atoms in total. The van der Waals surface area contributed by atoms with Crippen LogP contribution in [-0.2, 0) is 0 Å². The molecule has 0 aromatic heterocycles. The third kappa shape index (κ3) is 9.71. The van der Waals surface area contributed by atoms with Crippen LogP contribution in [0.5, 0.6) is 0 Å². The van der Waals surface area contributed by atoms with E-state index in [-0.39, 0.29) is 6.71 Å². The molecule has 0 amide bonds. The highest BCUT2D eigenvalue weighted by atomic mass is 28.3. The molecule has 0 spiro atoms. The topological polar surface area (TPSA) is 9.72 Å². The summed E-state index contributed by atoms with van der Waals surface area (Å²) in [6.45, 7) is -0.196. The van der Waals surface area contributed by atoms with Gasteiger partial charge < -0.3 is 14.7 Å². The second kappa shape index (κ2) is 24.9. The molecule has 6 heteroatoms. The van der Waals surface area contributed by atoms with Crippen LogP contribution in [0.4, 0.5) is 51.2 Å². The summed E-state index contributed by atoms with van der Waals surface area (Å²) in [5.41, 5.74) is 18.2. The quantitative estimate of drug-likeness (QED) is 0.0748. The van der Waals surface area contributed by atoms with Crippen molar-refractivity contribution in [1.29, 1.82) is 0 Å². The molecule has 0 bridgehead atoms. The fourth-order valence-corrected chi connectivity index (χ4v) is 25.5. The lowest BCUT2D eigenvalue weighted by atomic mass is 9.33. The summed E-state index contributed by atoms with van der Waals surface area (Å²) in [4.78, 5) is 7.78. The summed E-state index contributed by atoms with van der Waals surface area (Å²) in [5, 5.41) is 10.5. The number of benzene rings is 15. The highest BCUT2D eigenvalue weighted by Crippen LogP contribution is 2.52. The SMILES string of the molecule is c1ccc(-c2cccc(-c3ccccc3)c2N2c3ccccc3B3c4ccc([Si](c5ccccc5)(c5ccccc5)c5ccccc5)cc4N(c4cccc([Si](c5ccccc5)(c5ccccc5)c5ccccc5)c4)c4cc(N(c5ccccc5)c5ccccc5)cc2c43)cc1. The smallest absolute Gasteiger partial charge is 0.252 e. The molecule has 452 valence electrons. The monoisotopic (exact) mass is 1260 g/mol. The summed E-state index contributed by atoms with van der Waals surface area (Å²) in [6.07, 6.45) is 0. The molecule has 0 saturated heterocycles. The van der Waals surface area contributed by atoms with Gasteiger partial charge in [0.25, 0.3) is 6.71 Å². The average molecular weight is 1260 g/mol. The Morgan fingerprint density at radius 2 is 0.573 bits per heavy atom. The molecule has 0 unspecified atom stereocenters. The maximum absolute atomic E-state index is 3.14. The number of nitrogens with zero attached hydrogens (tertiary/aromatic N) is 3. The zero-order valence-electron chi connectivity index (χ0n) is 53.0. The zero-order chi connectivity index (χ0) is 63.8. The van der Waals surface area contributed by atoms with Crippen LogP contribution in [0, 0.1) is 0 Å². The van der Waals surface area contributed by atoms with Crippen molar-refractivity contribution in [2.24, 2.45) is 0 Å². The number of hydrogen-bond acceptors (Lipinski definition) is 3. The van der Waals surface area contributed by atoms with Gasteiger partial charge in [-0.05, 0) is 130 Å². The third-order valence-electron chi connectivity index (χ3n) is 19.9. The van der Waals surface area contributed by atoms with E-state index in [2.05, 4.69) is 415 Å². The first-order valence-electron chi connectivity index (χ1n) is 33.3. The predicted molar refractivity (Wildman–Crippen MR) is 413 cm³/mol. The van der Waals surface area contributed by atoms with E-state index in [4.69, 9.17) is 0 Å². The molecule has 2 aliphatic heterocycles. The Bertz CT molecular complexity index is 4940. The fraction of sp³-hybridized carbons (Fsp3) is 0. The molecule has 15 aromatic rings. The average Bonchev–Trinajstić information content (AvgIpc) is 0.690. The number of anilines is 9. The second-order valence-corrected chi connectivity index (χ2v) is 32.6. The van der Waals surface area contributed by atoms with Crippen LogP contribution in [0.1, 0.15) is 0 Å². The molecular formula is C90H66BN3Si2. The number of hydrogen-bond donors (Lipinski definition) is 0. The molecule has 2 heterocycles. The molecular weight excluding hydrogens is 1190 g/mol. The Labute approximate surface area is 565 Å². The Hall–Kier alpha value is -11.8. The van der Waals surface area contributed by atoms with Crippen molar-refractivity contribution in [1.82, 2.24) is 0 Å². The van der Waals surface area contributed by atoms with Gasteiger partial charge in [-0.2, -0.15) is 0 Å². The van der Waals surface area contributed by atoms with Gasteiger partial charge in [-0.25, -0.2) is 0 Å². The summed E-state index contributed by atoms with van der Waals surface area (Å²) >= 11 is 0. The van der Waals surface area contributed by atoms with E-state index in [1.165, 1.54) is 57.9 Å². The van der Waals surface area contributed by atoms with Crippen LogP contribution in [0.25, 0.3) is 22.3 Å². The first-order valence-corrected chi connectivity index (χ1v) is 37.3. The van der Waals surface area contributed by atoms with E-state index in [1.54, 1.807) is 0 Å². The Balaban J connectivity index is 1.04. The minimum absolute atomic E-state index is 0.196. The molecule has 96 heavy (non-hydrogen) atoms. The molecule has 2 aliphatic rings. The molecule has 0 N–H and O–H groups in total. The Morgan fingerprint density at radius 1 is 0.229 bits per heavy atom. The van der Waals surface area contributed by atoms with Gasteiger partial charge in [-0.1, -0.05) is 340 Å². The molecule has 0 saturated carbocycles. The van der Waals surface area contributed by atoms with Gasteiger partial charge in [-0.15, -0.1) is 0 Å². The van der Waals surface area contributed by atoms with E-state index in [9.17, 15) is 0 Å². The van der Waals surface area contributed by atoms with Crippen molar-refractivity contribution in [3.05, 3.63) is 400 Å². The van der Waals surface area contributed by atoms with Crippen molar-refractivity contribution in [3.8, 4) is 22.3 Å². The molecule has 0 radical (unpaired) electrons. The van der Waals surface area contributed by atoms with Gasteiger partial charge in [-0.3, -0.25) is 0 Å². The van der Waals surface area contributed by atoms with Crippen LogP contribution < -0.4 is 72.6 Å². The lowest BCUT2D eigenvalue weighted by Crippen LogP contribution is -2.75. The van der Waals surface area contributed by atoms with Crippen molar-refractivity contribution in [2.45, 2.75) is 0 Å². The first-order chi connectivity index (χ1) is 47.7. The summed E-state index contributed by atoms with van der Waals surface area (Å²) in [6, 6.07) is 151. The van der Waals surface area contributed by atoms with Gasteiger partial charge in [0.1, 0.15) is 0 Å². The summed E-state index contributed by atoms with van der Waals surface area (Å²) in [7, 11) is -6.25. The summed E-state index contributed by atoms with van der Waals surface area (Å²) < 4.78 is 0. The van der Waals surface area contributed by atoms with E-state index in [1.807, 2.05) is 0 Å². The minimum Gasteiger partial charge on any atom is -0.311 e. The maximum atomic E-state index is 2.68. The number of rotatable bonds is 15. The number of fused-ring (bicyclic) bond motifs is 4. The van der Waals surface area contributed by atoms with E-state index >= 15 is 0 Å². The van der Waals surface area contributed by atoms with Crippen molar-refractivity contribution in [2.75, 3.05) is 14.7 Å². The van der Waals surface area contributed by atoms with Crippen LogP contribution in [0.3, 0.4) is 0 Å². The maximum Gasteiger partial charge on any atom is 0.252 e. The standard InChI is InChI=1S/C90H66BN3Si2/c1-11-35-67(36-12-1)81-57-34-58-82(68-37-13-2-14-38-68)90(81)94-85-60-32-31-59-83(85)91-84-62-61-80(96(76-50-25-8-26-51-76,77-52-27-9-28-53-77)78-54-29-10-30-55-78)66-86(84)93(87-64-72(65-88(94)89(87)91)92(69-39-15-3-16-40-69)70-41-17-4-18-42-70)71-43-33-56-79(63-71)95(73-44-19-5-20-45-73,74-46-21-6-22-47-74)75-48-23-7-24-49-75/h1-66H. The lowest BCUT2D eigenvalue weighted by molar-refractivity contribution is 1.23. The van der Waals surface area contributed by atoms with E-state index in [0.717, 1.165) is 73.4 Å². The van der Waals surface area contributed by atoms with Gasteiger partial charge in [0.15, 0.2) is 16.1 Å². The second-order valence-electron chi connectivity index (χ2n) is 25.0. The normalized spacial score (nSPS) is 12.3. The van der Waals surface area contributed by atoms with Crippen LogP contribution in [0.15, 0.2) is 400 Å². The highest BCUT2D eigenvalue weighted by Gasteiger charge is 2.48. The first kappa shape index (κ1) is 58.1. The largest absolute Gasteiger partial charge is 0.311 e. The molecule has 0 atom stereocenters. The van der Waals surface area contributed by atoms with Gasteiger partial charge in [0.05, 0.1) is 11.4 Å². The van der Waals surface area contributed by atoms with E-state index < -0.39 is 16.1 Å². The highest BCUT2D eigenvalue weighted by molar-refractivity contribution is 7.20. The van der Waals surface area contributed by atoms with Gasteiger partial charge >= 0.3 is 0 Å². The predicted octanol–water partition coefficient (Wildman–Crippen LogP) is 15.3. The minimum atomic E-state index is -3.14. The molecule has 17 rings (SSSR count). The lowest BCUT2D eigenvalue weighted by Gasteiger charge is -2.46. The van der Waals surface area contributed by atoms with E-state index in [0.29, 0.717) is 0 Å². The summed E-state index contributed by atoms with van der Waals surface area (Å²) in [5.74, 6) is 0.